The smallest absolute Gasteiger partial charge is 0.337 e. The fourth-order valence-electron chi connectivity index (χ4n) is 2.11. The van der Waals surface area contributed by atoms with Gasteiger partial charge in [0.2, 0.25) is 5.91 Å². The number of amides is 1. The maximum absolute atomic E-state index is 12.0. The third-order valence-electron chi connectivity index (χ3n) is 3.82. The second-order valence-electron chi connectivity index (χ2n) is 5.70. The number of ether oxygens (including phenoxy) is 1. The van der Waals surface area contributed by atoms with Gasteiger partial charge in [0.1, 0.15) is 0 Å². The summed E-state index contributed by atoms with van der Waals surface area (Å²) in [6.45, 7) is 3.88. The van der Waals surface area contributed by atoms with Crippen molar-refractivity contribution >= 4 is 17.6 Å². The lowest BCUT2D eigenvalue weighted by molar-refractivity contribution is -0.119. The van der Waals surface area contributed by atoms with Gasteiger partial charge in [0.05, 0.1) is 12.7 Å². The van der Waals surface area contributed by atoms with E-state index in [1.165, 1.54) is 7.11 Å². The van der Waals surface area contributed by atoms with E-state index in [9.17, 15) is 9.59 Å². The molecule has 0 saturated heterocycles. The lowest BCUT2D eigenvalue weighted by atomic mass is 10.1. The molecule has 0 saturated carbocycles. The number of carbonyl (C=O) groups excluding carboxylic acids is 2. The molecule has 0 bridgehead atoms. The van der Waals surface area contributed by atoms with Gasteiger partial charge in [0, 0.05) is 22.7 Å². The van der Waals surface area contributed by atoms with E-state index < -0.39 is 5.97 Å². The summed E-state index contributed by atoms with van der Waals surface area (Å²) in [5, 5.41) is 2.89. The topological polar surface area (TPSA) is 55.4 Å². The Hall–Kier alpha value is -3.06. The van der Waals surface area contributed by atoms with Crippen molar-refractivity contribution in [2.24, 2.45) is 5.92 Å². The van der Waals surface area contributed by atoms with E-state index in [4.69, 9.17) is 4.74 Å². The number of methoxy groups -OCH3 is 1. The standard InChI is InChI=1S/C21H21NO3/c1-4-15(2)20(23)22-19-10-6-8-17(14-19)12-11-16-7-5-9-18(13-16)21(24)25-3/h5-10,13-15H,4H2,1-3H3,(H,22,23). The first-order valence-corrected chi connectivity index (χ1v) is 8.14. The van der Waals surface area contributed by atoms with Crippen molar-refractivity contribution in [2.75, 3.05) is 12.4 Å². The molecule has 25 heavy (non-hydrogen) atoms. The molecular weight excluding hydrogens is 314 g/mol. The lowest BCUT2D eigenvalue weighted by Gasteiger charge is -2.09. The molecule has 0 fully saturated rings. The average molecular weight is 335 g/mol. The number of rotatable bonds is 4. The molecule has 4 nitrogen and oxygen atoms in total. The van der Waals surface area contributed by atoms with E-state index >= 15 is 0 Å². The summed E-state index contributed by atoms with van der Waals surface area (Å²) in [5.74, 6) is 5.65. The van der Waals surface area contributed by atoms with Gasteiger partial charge in [-0.2, -0.15) is 0 Å². The number of hydrogen-bond acceptors (Lipinski definition) is 3. The molecule has 1 amide bonds. The molecule has 2 rings (SSSR count). The molecule has 4 heteroatoms. The van der Waals surface area contributed by atoms with Crippen molar-refractivity contribution < 1.29 is 14.3 Å². The van der Waals surface area contributed by atoms with Crippen molar-refractivity contribution in [2.45, 2.75) is 20.3 Å². The number of carbonyl (C=O) groups is 2. The van der Waals surface area contributed by atoms with Gasteiger partial charge in [0.15, 0.2) is 0 Å². The van der Waals surface area contributed by atoms with Crippen LogP contribution in [0.2, 0.25) is 0 Å². The summed E-state index contributed by atoms with van der Waals surface area (Å²) in [6.07, 6.45) is 0.794. The van der Waals surface area contributed by atoms with Crippen LogP contribution in [-0.4, -0.2) is 19.0 Å². The quantitative estimate of drug-likeness (QED) is 0.682. The molecule has 2 aromatic rings. The Morgan fingerprint density at radius 2 is 1.72 bits per heavy atom. The highest BCUT2D eigenvalue weighted by Gasteiger charge is 2.10. The minimum absolute atomic E-state index is 0.00149. The Bertz CT molecular complexity index is 830. The van der Waals surface area contributed by atoms with Crippen LogP contribution in [0, 0.1) is 17.8 Å². The minimum Gasteiger partial charge on any atom is -0.465 e. The first-order chi connectivity index (χ1) is 12.0. The van der Waals surface area contributed by atoms with Gasteiger partial charge < -0.3 is 10.1 Å². The van der Waals surface area contributed by atoms with Crippen molar-refractivity contribution in [3.63, 3.8) is 0 Å². The van der Waals surface area contributed by atoms with E-state index in [1.807, 2.05) is 44.2 Å². The highest BCUT2D eigenvalue weighted by molar-refractivity contribution is 5.92. The van der Waals surface area contributed by atoms with Gasteiger partial charge in [-0.05, 0) is 42.8 Å². The zero-order valence-electron chi connectivity index (χ0n) is 14.6. The van der Waals surface area contributed by atoms with Crippen LogP contribution in [0.25, 0.3) is 0 Å². The Kier molecular flexibility index (Phi) is 6.36. The average Bonchev–Trinajstić information content (AvgIpc) is 2.65. The van der Waals surface area contributed by atoms with Crippen LogP contribution in [0.15, 0.2) is 48.5 Å². The molecule has 1 N–H and O–H groups in total. The van der Waals surface area contributed by atoms with Gasteiger partial charge in [-0.1, -0.05) is 37.8 Å². The van der Waals surface area contributed by atoms with Crippen molar-refractivity contribution in [3.8, 4) is 11.8 Å². The Labute approximate surface area is 148 Å². The molecule has 2 aromatic carbocycles. The summed E-state index contributed by atoms with van der Waals surface area (Å²) >= 11 is 0. The van der Waals surface area contributed by atoms with Crippen molar-refractivity contribution in [1.82, 2.24) is 0 Å². The number of benzene rings is 2. The monoisotopic (exact) mass is 335 g/mol. The Morgan fingerprint density at radius 1 is 1.08 bits per heavy atom. The summed E-state index contributed by atoms with van der Waals surface area (Å²) in [7, 11) is 1.35. The maximum atomic E-state index is 12.0. The molecule has 0 aliphatic rings. The molecule has 1 atom stereocenters. The molecule has 0 radical (unpaired) electrons. The number of hydrogen-bond donors (Lipinski definition) is 1. The first kappa shape index (κ1) is 18.3. The van der Waals surface area contributed by atoms with E-state index in [1.54, 1.807) is 18.2 Å². The third-order valence-corrected chi connectivity index (χ3v) is 3.82. The van der Waals surface area contributed by atoms with Crippen molar-refractivity contribution in [1.29, 1.82) is 0 Å². The number of anilines is 1. The van der Waals surface area contributed by atoms with Crippen LogP contribution in [0.3, 0.4) is 0 Å². The number of esters is 1. The normalized spacial score (nSPS) is 11.0. The van der Waals surface area contributed by atoms with Gasteiger partial charge in [0.25, 0.3) is 0 Å². The fourth-order valence-corrected chi connectivity index (χ4v) is 2.11. The Balaban J connectivity index is 2.17. The molecule has 1 unspecified atom stereocenters. The highest BCUT2D eigenvalue weighted by Crippen LogP contribution is 2.13. The zero-order chi connectivity index (χ0) is 18.2. The van der Waals surface area contributed by atoms with E-state index in [-0.39, 0.29) is 11.8 Å². The van der Waals surface area contributed by atoms with Crippen LogP contribution >= 0.6 is 0 Å². The van der Waals surface area contributed by atoms with Gasteiger partial charge in [-0.25, -0.2) is 4.79 Å². The van der Waals surface area contributed by atoms with Crippen LogP contribution < -0.4 is 5.32 Å². The largest absolute Gasteiger partial charge is 0.465 e. The van der Waals surface area contributed by atoms with E-state index in [0.29, 0.717) is 5.56 Å². The summed E-state index contributed by atoms with van der Waals surface area (Å²) < 4.78 is 4.71. The van der Waals surface area contributed by atoms with E-state index in [2.05, 4.69) is 17.2 Å². The van der Waals surface area contributed by atoms with Gasteiger partial charge >= 0.3 is 5.97 Å². The molecule has 0 spiro atoms. The fraction of sp³-hybridized carbons (Fsp3) is 0.238. The van der Waals surface area contributed by atoms with Gasteiger partial charge in [-0.15, -0.1) is 0 Å². The summed E-state index contributed by atoms with van der Waals surface area (Å²) in [6, 6.07) is 14.3. The highest BCUT2D eigenvalue weighted by atomic mass is 16.5. The van der Waals surface area contributed by atoms with Crippen LogP contribution in [0.5, 0.6) is 0 Å². The molecule has 128 valence electrons. The number of nitrogens with one attached hydrogen (secondary N) is 1. The van der Waals surface area contributed by atoms with Gasteiger partial charge in [-0.3, -0.25) is 4.79 Å². The zero-order valence-corrected chi connectivity index (χ0v) is 14.6. The second kappa shape index (κ2) is 8.70. The first-order valence-electron chi connectivity index (χ1n) is 8.14. The lowest BCUT2D eigenvalue weighted by Crippen LogP contribution is -2.19. The predicted octanol–water partition coefficient (Wildman–Crippen LogP) is 3.86. The van der Waals surface area contributed by atoms with Crippen LogP contribution in [0.1, 0.15) is 41.8 Å². The Morgan fingerprint density at radius 3 is 2.36 bits per heavy atom. The minimum atomic E-state index is -0.390. The van der Waals surface area contributed by atoms with Crippen LogP contribution in [-0.2, 0) is 9.53 Å². The molecular formula is C21H21NO3. The molecule has 0 aromatic heterocycles. The second-order valence-corrected chi connectivity index (χ2v) is 5.70. The maximum Gasteiger partial charge on any atom is 0.337 e. The molecule has 0 aliphatic heterocycles. The molecule has 0 heterocycles. The van der Waals surface area contributed by atoms with Crippen molar-refractivity contribution in [3.05, 3.63) is 65.2 Å². The summed E-state index contributed by atoms with van der Waals surface area (Å²) in [5.41, 5.74) is 2.69. The summed E-state index contributed by atoms with van der Waals surface area (Å²) in [4.78, 5) is 23.5. The third kappa shape index (κ3) is 5.22. The molecule has 0 aliphatic carbocycles. The SMILES string of the molecule is CCC(C)C(=O)Nc1cccc(C#Cc2cccc(C(=O)OC)c2)c1. The van der Waals surface area contributed by atoms with Crippen LogP contribution in [0.4, 0.5) is 5.69 Å². The van der Waals surface area contributed by atoms with E-state index in [0.717, 1.165) is 23.2 Å². The predicted molar refractivity (Wildman–Crippen MR) is 98.3 cm³/mol.